The summed E-state index contributed by atoms with van der Waals surface area (Å²) in [6.45, 7) is 3.47. The third-order valence-electron chi connectivity index (χ3n) is 3.74. The number of nitrogens with one attached hydrogen (secondary N) is 1. The Bertz CT molecular complexity index is 818. The van der Waals surface area contributed by atoms with Crippen LogP contribution in [-0.2, 0) is 27.3 Å². The molecule has 0 saturated heterocycles. The Morgan fingerprint density at radius 2 is 1.64 bits per heavy atom. The molecular weight excluding hydrogens is 366 g/mol. The van der Waals surface area contributed by atoms with Gasteiger partial charge in [0.2, 0.25) is 0 Å². The molecule has 28 heavy (non-hydrogen) atoms. The Balaban J connectivity index is 1.87. The number of ether oxygens (including phenoxy) is 2. The molecule has 150 valence electrons. The van der Waals surface area contributed by atoms with Gasteiger partial charge in [-0.15, -0.1) is 0 Å². The molecule has 0 spiro atoms. The molecule has 8 heteroatoms. The average Bonchev–Trinajstić information content (AvgIpc) is 2.63. The Morgan fingerprint density at radius 3 is 2.21 bits per heavy atom. The predicted molar refractivity (Wildman–Crippen MR) is 101 cm³/mol. The van der Waals surface area contributed by atoms with Crippen LogP contribution in [0.2, 0.25) is 0 Å². The highest BCUT2D eigenvalue weighted by molar-refractivity contribution is 5.84. The summed E-state index contributed by atoms with van der Waals surface area (Å²) in [4.78, 5) is 23.1. The number of phenolic OH excluding ortho intramolecular Hbond substituents is 2. The first-order valence-electron chi connectivity index (χ1n) is 8.66. The van der Waals surface area contributed by atoms with E-state index in [9.17, 15) is 24.9 Å². The summed E-state index contributed by atoms with van der Waals surface area (Å²) in [5.74, 6) is -1.57. The summed E-state index contributed by atoms with van der Waals surface area (Å²) in [7, 11) is 0. The lowest BCUT2D eigenvalue weighted by Crippen LogP contribution is -2.29. The van der Waals surface area contributed by atoms with Crippen LogP contribution in [0.15, 0.2) is 42.5 Å². The lowest BCUT2D eigenvalue weighted by molar-refractivity contribution is -0.153. The second-order valence-electron chi connectivity index (χ2n) is 6.44. The molecule has 0 fully saturated rings. The maximum atomic E-state index is 11.9. The van der Waals surface area contributed by atoms with E-state index in [0.29, 0.717) is 11.3 Å². The van der Waals surface area contributed by atoms with E-state index in [1.807, 2.05) is 0 Å². The Morgan fingerprint density at radius 1 is 1.00 bits per heavy atom. The first kappa shape index (κ1) is 21.0. The van der Waals surface area contributed by atoms with E-state index < -0.39 is 18.2 Å². The fraction of sp³-hybridized carbons (Fsp3) is 0.300. The van der Waals surface area contributed by atoms with Gasteiger partial charge >= 0.3 is 12.1 Å². The molecule has 0 aliphatic rings. The third kappa shape index (κ3) is 6.48. The molecule has 1 amide bonds. The van der Waals surface area contributed by atoms with E-state index in [2.05, 4.69) is 5.32 Å². The van der Waals surface area contributed by atoms with Crippen LogP contribution >= 0.6 is 0 Å². The Hall–Kier alpha value is -3.26. The van der Waals surface area contributed by atoms with Crippen molar-refractivity contribution in [3.8, 4) is 11.5 Å². The molecule has 4 N–H and O–H groups in total. The number of carboxylic acids is 1. The highest BCUT2D eigenvalue weighted by Gasteiger charge is 2.20. The number of phenols is 2. The molecule has 0 aromatic heterocycles. The van der Waals surface area contributed by atoms with Gasteiger partial charge in [-0.2, -0.15) is 0 Å². The predicted octanol–water partition coefficient (Wildman–Crippen LogP) is 3.27. The summed E-state index contributed by atoms with van der Waals surface area (Å²) >= 11 is 0. The van der Waals surface area contributed by atoms with Crippen molar-refractivity contribution in [2.45, 2.75) is 39.1 Å². The summed E-state index contributed by atoms with van der Waals surface area (Å²) in [6, 6.07) is 10.8. The van der Waals surface area contributed by atoms with Gasteiger partial charge in [-0.3, -0.25) is 5.32 Å². The Labute approximate surface area is 162 Å². The van der Waals surface area contributed by atoms with Gasteiger partial charge < -0.3 is 24.8 Å². The fourth-order valence-corrected chi connectivity index (χ4v) is 2.42. The number of hydrogen-bond donors (Lipinski definition) is 4. The number of aliphatic carboxylic acids is 1. The van der Waals surface area contributed by atoms with E-state index in [-0.39, 0.29) is 30.6 Å². The van der Waals surface area contributed by atoms with Crippen molar-refractivity contribution in [2.75, 3.05) is 5.32 Å². The largest absolute Gasteiger partial charge is 0.504 e. The second kappa shape index (κ2) is 9.61. The molecule has 2 rings (SSSR count). The molecule has 0 heterocycles. The first-order valence-corrected chi connectivity index (χ1v) is 8.66. The number of carboxylic acid groups (broad SMARTS) is 1. The van der Waals surface area contributed by atoms with Gasteiger partial charge in [0, 0.05) is 12.1 Å². The van der Waals surface area contributed by atoms with Crippen LogP contribution in [0.1, 0.15) is 25.0 Å². The molecule has 8 nitrogen and oxygen atoms in total. The van der Waals surface area contributed by atoms with Crippen LogP contribution in [0.3, 0.4) is 0 Å². The molecule has 2 aromatic carbocycles. The highest BCUT2D eigenvalue weighted by atomic mass is 16.5. The van der Waals surface area contributed by atoms with E-state index >= 15 is 0 Å². The number of carbonyl (C=O) groups is 2. The number of benzene rings is 2. The summed E-state index contributed by atoms with van der Waals surface area (Å²) in [5.41, 5.74) is 1.76. The van der Waals surface area contributed by atoms with Crippen LogP contribution in [-0.4, -0.2) is 39.6 Å². The fourth-order valence-electron chi connectivity index (χ4n) is 2.42. The summed E-state index contributed by atoms with van der Waals surface area (Å²) in [5, 5.41) is 30.4. The number of rotatable bonds is 8. The Kier molecular flexibility index (Phi) is 7.22. The van der Waals surface area contributed by atoms with Crippen molar-refractivity contribution < 1.29 is 34.4 Å². The molecule has 1 atom stereocenters. The van der Waals surface area contributed by atoms with Gasteiger partial charge in [0.15, 0.2) is 17.6 Å². The molecule has 0 aliphatic carbocycles. The van der Waals surface area contributed by atoms with Crippen LogP contribution in [0, 0.1) is 0 Å². The molecule has 0 bridgehead atoms. The molecular formula is C20H23NO7. The lowest BCUT2D eigenvalue weighted by Gasteiger charge is -2.16. The molecule has 0 saturated carbocycles. The zero-order valence-electron chi connectivity index (χ0n) is 15.6. The van der Waals surface area contributed by atoms with Crippen molar-refractivity contribution in [1.29, 1.82) is 0 Å². The van der Waals surface area contributed by atoms with Crippen LogP contribution in [0.25, 0.3) is 0 Å². The lowest BCUT2D eigenvalue weighted by atomic mass is 10.1. The number of aromatic hydroxyl groups is 2. The van der Waals surface area contributed by atoms with Crippen molar-refractivity contribution in [1.82, 2.24) is 0 Å². The molecule has 2 aromatic rings. The van der Waals surface area contributed by atoms with E-state index in [4.69, 9.17) is 9.47 Å². The second-order valence-corrected chi connectivity index (χ2v) is 6.44. The van der Waals surface area contributed by atoms with Gasteiger partial charge in [0.05, 0.1) is 6.10 Å². The minimum atomic E-state index is -1.03. The molecule has 0 aliphatic heterocycles. The van der Waals surface area contributed by atoms with Crippen LogP contribution in [0.4, 0.5) is 10.5 Å². The number of carbonyl (C=O) groups excluding carboxylic acids is 1. The van der Waals surface area contributed by atoms with Crippen molar-refractivity contribution >= 4 is 17.7 Å². The zero-order chi connectivity index (χ0) is 20.7. The molecule has 1 unspecified atom stereocenters. The maximum absolute atomic E-state index is 11.9. The average molecular weight is 389 g/mol. The minimum absolute atomic E-state index is 0.0788. The summed E-state index contributed by atoms with van der Waals surface area (Å²) < 4.78 is 10.4. The van der Waals surface area contributed by atoms with Crippen LogP contribution in [0.5, 0.6) is 11.5 Å². The van der Waals surface area contributed by atoms with Gasteiger partial charge in [0.25, 0.3) is 0 Å². The van der Waals surface area contributed by atoms with Gasteiger partial charge in [-0.05, 0) is 49.2 Å². The van der Waals surface area contributed by atoms with Crippen molar-refractivity contribution in [2.24, 2.45) is 0 Å². The third-order valence-corrected chi connectivity index (χ3v) is 3.74. The van der Waals surface area contributed by atoms with Crippen molar-refractivity contribution in [3.63, 3.8) is 0 Å². The topological polar surface area (TPSA) is 125 Å². The van der Waals surface area contributed by atoms with Crippen molar-refractivity contribution in [3.05, 3.63) is 53.6 Å². The smallest absolute Gasteiger partial charge is 0.411 e. The standard InChI is InChI=1S/C20H23NO7/c1-12(2)28-18(19(24)25)10-13-3-6-15(7-4-13)21-20(26)27-11-14-5-8-16(22)17(23)9-14/h3-9,12,18,22-23H,10-11H2,1-2H3,(H,21,26)(H,24,25). The van der Waals surface area contributed by atoms with Gasteiger partial charge in [-0.25, -0.2) is 9.59 Å². The first-order chi connectivity index (χ1) is 13.2. The molecule has 0 radical (unpaired) electrons. The van der Waals surface area contributed by atoms with E-state index in [0.717, 1.165) is 5.56 Å². The zero-order valence-corrected chi connectivity index (χ0v) is 15.6. The SMILES string of the molecule is CC(C)OC(Cc1ccc(NC(=O)OCc2ccc(O)c(O)c2)cc1)C(=O)O. The minimum Gasteiger partial charge on any atom is -0.504 e. The highest BCUT2D eigenvalue weighted by Crippen LogP contribution is 2.25. The van der Waals surface area contributed by atoms with E-state index in [1.165, 1.54) is 18.2 Å². The summed E-state index contributed by atoms with van der Waals surface area (Å²) in [6.07, 6.45) is -1.62. The van der Waals surface area contributed by atoms with Gasteiger partial charge in [-0.1, -0.05) is 18.2 Å². The monoisotopic (exact) mass is 389 g/mol. The number of hydrogen-bond acceptors (Lipinski definition) is 6. The quantitative estimate of drug-likeness (QED) is 0.511. The van der Waals surface area contributed by atoms with Crippen LogP contribution < -0.4 is 5.32 Å². The number of anilines is 1. The van der Waals surface area contributed by atoms with E-state index in [1.54, 1.807) is 38.1 Å². The maximum Gasteiger partial charge on any atom is 0.411 e. The van der Waals surface area contributed by atoms with Gasteiger partial charge in [0.1, 0.15) is 6.61 Å². The number of amides is 1. The normalized spacial score (nSPS) is 11.8.